The monoisotopic (exact) mass is 577 g/mol. The van der Waals surface area contributed by atoms with Crippen molar-refractivity contribution in [2.45, 2.75) is 88.8 Å². The van der Waals surface area contributed by atoms with Crippen LogP contribution >= 0.6 is 11.3 Å². The van der Waals surface area contributed by atoms with Crippen LogP contribution in [0.5, 0.6) is 0 Å². The molecule has 0 radical (unpaired) electrons. The molecule has 6 nitrogen and oxygen atoms in total. The summed E-state index contributed by atoms with van der Waals surface area (Å²) in [6.07, 6.45) is -7.89. The molecule has 2 N–H and O–H groups in total. The normalized spacial score (nSPS) is 20.0. The predicted molar refractivity (Wildman–Crippen MR) is 133 cm³/mol. The van der Waals surface area contributed by atoms with Crippen molar-refractivity contribution in [3.05, 3.63) is 40.0 Å². The van der Waals surface area contributed by atoms with Crippen LogP contribution in [-0.2, 0) is 5.41 Å². The van der Waals surface area contributed by atoms with Gasteiger partial charge in [-0.05, 0) is 70.1 Å². The number of alkyl halides is 6. The highest BCUT2D eigenvalue weighted by Gasteiger charge is 2.68. The van der Waals surface area contributed by atoms with E-state index in [9.17, 15) is 41.0 Å². The molecule has 214 valence electrons. The second kappa shape index (κ2) is 9.76. The number of hydrogen-bond acceptors (Lipinski definition) is 5. The van der Waals surface area contributed by atoms with Gasteiger partial charge in [0.05, 0.1) is 10.5 Å². The first-order chi connectivity index (χ1) is 17.8. The molecular weight excluding hydrogens is 548 g/mol. The molecule has 2 aromatic rings. The Bertz CT molecular complexity index is 1250. The fraction of sp³-hybridized carbons (Fsp3) is 0.577. The van der Waals surface area contributed by atoms with Crippen molar-refractivity contribution in [3.63, 3.8) is 0 Å². The second-order valence-electron chi connectivity index (χ2n) is 11.0. The molecule has 2 aliphatic heterocycles. The highest BCUT2D eigenvalue weighted by Crippen LogP contribution is 2.52. The Kier molecular flexibility index (Phi) is 7.33. The minimum Gasteiger partial charge on any atom is -0.389 e. The molecule has 2 fully saturated rings. The van der Waals surface area contributed by atoms with Gasteiger partial charge < -0.3 is 15.3 Å². The number of nitrogens with one attached hydrogen (secondary N) is 1. The second-order valence-corrected chi connectivity index (χ2v) is 12.0. The Balaban J connectivity index is 1.79. The third-order valence-electron chi connectivity index (χ3n) is 7.58. The topological polar surface area (TPSA) is 82.5 Å². The number of aromatic nitrogens is 1. The summed E-state index contributed by atoms with van der Waals surface area (Å²) in [5.41, 5.74) is -6.11. The zero-order valence-corrected chi connectivity index (χ0v) is 22.6. The molecule has 0 aliphatic carbocycles. The van der Waals surface area contributed by atoms with Gasteiger partial charge >= 0.3 is 12.4 Å². The van der Waals surface area contributed by atoms with E-state index in [0.717, 1.165) is 55.2 Å². The largest absolute Gasteiger partial charge is 0.406 e. The Labute approximate surface area is 225 Å². The zero-order chi connectivity index (χ0) is 29.1. The Morgan fingerprint density at radius 3 is 2.03 bits per heavy atom. The average molecular weight is 578 g/mol. The molecule has 2 amide bonds. The van der Waals surface area contributed by atoms with Gasteiger partial charge in [0.25, 0.3) is 11.8 Å². The van der Waals surface area contributed by atoms with Crippen LogP contribution in [0.15, 0.2) is 18.2 Å². The number of hydrogen-bond donors (Lipinski definition) is 2. The predicted octanol–water partition coefficient (Wildman–Crippen LogP) is 5.77. The number of carbonyl (C=O) groups is 2. The molecule has 39 heavy (non-hydrogen) atoms. The highest BCUT2D eigenvalue weighted by atomic mass is 32.1. The number of thiazole rings is 1. The quantitative estimate of drug-likeness (QED) is 0.428. The molecule has 0 atom stereocenters. The summed E-state index contributed by atoms with van der Waals surface area (Å²) in [6, 6.07) is 2.73. The van der Waals surface area contributed by atoms with Crippen molar-refractivity contribution in [1.29, 1.82) is 0 Å². The highest BCUT2D eigenvalue weighted by molar-refractivity contribution is 7.17. The van der Waals surface area contributed by atoms with Crippen LogP contribution in [0.4, 0.5) is 26.3 Å². The lowest BCUT2D eigenvalue weighted by molar-refractivity contribution is -0.297. The van der Waals surface area contributed by atoms with Gasteiger partial charge in [-0.25, -0.2) is 4.98 Å². The summed E-state index contributed by atoms with van der Waals surface area (Å²) >= 11 is 0.823. The van der Waals surface area contributed by atoms with E-state index in [1.807, 2.05) is 0 Å². The van der Waals surface area contributed by atoms with Crippen LogP contribution in [0.3, 0.4) is 0 Å². The Morgan fingerprint density at radius 2 is 1.56 bits per heavy atom. The molecular formula is C26H29F6N3O3S. The van der Waals surface area contributed by atoms with E-state index in [-0.39, 0.29) is 52.3 Å². The lowest BCUT2D eigenvalue weighted by Gasteiger charge is -2.34. The maximum absolute atomic E-state index is 13.7. The van der Waals surface area contributed by atoms with E-state index in [2.05, 4.69) is 10.3 Å². The van der Waals surface area contributed by atoms with Gasteiger partial charge in [0.1, 0.15) is 5.69 Å². The van der Waals surface area contributed by atoms with Crippen LogP contribution in [0.2, 0.25) is 0 Å². The standard InChI is InChI=1S/C26H29F6N3O3S/c1-13-11-14(24(4,25(27,28)29)26(30,31)32)5-10-17(13)19-18(22(37)35-15-6-7-16(35)9-8-15)34-21(39-19)20(36)33-12-23(2,3)38/h5,10-11,15-16,38H,6-9,12H2,1-4H3,(H,33,36). The van der Waals surface area contributed by atoms with Gasteiger partial charge in [0.2, 0.25) is 0 Å². The minimum absolute atomic E-state index is 0.0206. The number of aliphatic hydroxyl groups is 1. The number of fused-ring (bicyclic) bond motifs is 2. The summed E-state index contributed by atoms with van der Waals surface area (Å²) < 4.78 is 82.0. The van der Waals surface area contributed by atoms with E-state index in [0.29, 0.717) is 0 Å². The van der Waals surface area contributed by atoms with E-state index in [1.165, 1.54) is 20.8 Å². The van der Waals surface area contributed by atoms with Gasteiger partial charge in [-0.15, -0.1) is 11.3 Å². The summed E-state index contributed by atoms with van der Waals surface area (Å²) in [4.78, 5) is 32.7. The SMILES string of the molecule is Cc1cc(C(C)(C(F)(F)F)C(F)(F)F)ccc1-c1sc(C(=O)NCC(C)(C)O)nc1C(=O)N1C2CCC1CC2. The molecule has 1 aromatic carbocycles. The van der Waals surface area contributed by atoms with Crippen molar-refractivity contribution in [2.75, 3.05) is 6.54 Å². The number of aryl methyl sites for hydroxylation is 1. The van der Waals surface area contributed by atoms with Crippen molar-refractivity contribution in [3.8, 4) is 10.4 Å². The van der Waals surface area contributed by atoms with Gasteiger partial charge in [-0.2, -0.15) is 26.3 Å². The van der Waals surface area contributed by atoms with Crippen LogP contribution in [-0.4, -0.2) is 63.4 Å². The van der Waals surface area contributed by atoms with Crippen molar-refractivity contribution < 1.29 is 41.0 Å². The number of nitrogens with zero attached hydrogens (tertiary/aromatic N) is 2. The smallest absolute Gasteiger partial charge is 0.389 e. The zero-order valence-electron chi connectivity index (χ0n) is 21.8. The van der Waals surface area contributed by atoms with E-state index < -0.39 is 40.7 Å². The van der Waals surface area contributed by atoms with E-state index in [1.54, 1.807) is 4.90 Å². The Morgan fingerprint density at radius 1 is 1.03 bits per heavy atom. The Hall–Kier alpha value is -2.67. The summed E-state index contributed by atoms with van der Waals surface area (Å²) in [5, 5.41) is 12.4. The number of amides is 2. The van der Waals surface area contributed by atoms with Crippen molar-refractivity contribution in [2.24, 2.45) is 0 Å². The van der Waals surface area contributed by atoms with Gasteiger partial charge in [-0.3, -0.25) is 9.59 Å². The fourth-order valence-electron chi connectivity index (χ4n) is 5.20. The summed E-state index contributed by atoms with van der Waals surface area (Å²) in [5.74, 6) is -1.09. The molecule has 2 saturated heterocycles. The van der Waals surface area contributed by atoms with Crippen molar-refractivity contribution in [1.82, 2.24) is 15.2 Å². The maximum atomic E-state index is 13.7. The number of benzene rings is 1. The number of rotatable bonds is 6. The number of carbonyl (C=O) groups excluding carboxylic acids is 2. The van der Waals surface area contributed by atoms with Crippen LogP contribution in [0, 0.1) is 6.92 Å². The molecule has 0 saturated carbocycles. The molecule has 4 rings (SSSR count). The lowest BCUT2D eigenvalue weighted by Crippen LogP contribution is -2.51. The fourth-order valence-corrected chi connectivity index (χ4v) is 6.26. The van der Waals surface area contributed by atoms with Crippen molar-refractivity contribution >= 4 is 23.2 Å². The molecule has 3 heterocycles. The van der Waals surface area contributed by atoms with Crippen LogP contribution in [0.25, 0.3) is 10.4 Å². The molecule has 0 unspecified atom stereocenters. The van der Waals surface area contributed by atoms with Gasteiger partial charge in [0, 0.05) is 18.6 Å². The third-order valence-corrected chi connectivity index (χ3v) is 8.66. The summed E-state index contributed by atoms with van der Waals surface area (Å²) in [7, 11) is 0. The first-order valence-corrected chi connectivity index (χ1v) is 13.3. The van der Waals surface area contributed by atoms with Crippen LogP contribution < -0.4 is 5.32 Å². The lowest BCUT2D eigenvalue weighted by atomic mass is 9.79. The summed E-state index contributed by atoms with van der Waals surface area (Å²) in [6.45, 7) is 4.31. The van der Waals surface area contributed by atoms with Crippen LogP contribution in [0.1, 0.15) is 77.9 Å². The maximum Gasteiger partial charge on any atom is 0.406 e. The molecule has 0 spiro atoms. The molecule has 2 aliphatic rings. The first kappa shape index (κ1) is 29.3. The third kappa shape index (κ3) is 5.27. The van der Waals surface area contributed by atoms with E-state index >= 15 is 0 Å². The molecule has 13 heteroatoms. The molecule has 2 bridgehead atoms. The number of halogens is 6. The average Bonchev–Trinajstić information content (AvgIpc) is 3.54. The van der Waals surface area contributed by atoms with Gasteiger partial charge in [-0.1, -0.05) is 18.2 Å². The van der Waals surface area contributed by atoms with Gasteiger partial charge in [0.15, 0.2) is 10.4 Å². The minimum atomic E-state index is -5.61. The first-order valence-electron chi connectivity index (χ1n) is 12.4. The molecule has 1 aromatic heterocycles. The van der Waals surface area contributed by atoms with E-state index in [4.69, 9.17) is 0 Å².